The molecule has 0 bridgehead atoms. The molecule has 11 nitrogen and oxygen atoms in total. The summed E-state index contributed by atoms with van der Waals surface area (Å²) in [4.78, 5) is 37.7. The molecule has 0 saturated heterocycles. The SMILES string of the molecule is CC(C)(CN(CC/C=C/n1nc(-c2ccc(B(O)O)cc2)cc(C(C)(C)C)c1=N)C(=O)C1CCC(C=O)CC1)NC=O.CO. The van der Waals surface area contributed by atoms with Crippen LogP contribution in [-0.2, 0) is 19.8 Å². The van der Waals surface area contributed by atoms with Crippen LogP contribution in [0.1, 0.15) is 72.3 Å². The summed E-state index contributed by atoms with van der Waals surface area (Å²) in [5.74, 6) is -0.0819. The molecule has 1 aliphatic rings. The number of rotatable bonds is 12. The average molecular weight is 610 g/mol. The molecule has 0 unspecified atom stereocenters. The molecule has 240 valence electrons. The second kappa shape index (κ2) is 16.5. The van der Waals surface area contributed by atoms with Crippen molar-refractivity contribution in [1.29, 1.82) is 5.41 Å². The Bertz CT molecular complexity index is 1330. The lowest BCUT2D eigenvalue weighted by Gasteiger charge is -2.36. The Labute approximate surface area is 260 Å². The van der Waals surface area contributed by atoms with Gasteiger partial charge in [-0.3, -0.25) is 15.0 Å². The molecular formula is C32H48BN5O6. The maximum absolute atomic E-state index is 13.5. The molecule has 1 fully saturated rings. The van der Waals surface area contributed by atoms with E-state index in [4.69, 9.17) is 10.5 Å². The summed E-state index contributed by atoms with van der Waals surface area (Å²) in [6.45, 7) is 10.6. The fourth-order valence-electron chi connectivity index (χ4n) is 5.28. The van der Waals surface area contributed by atoms with Gasteiger partial charge in [0.15, 0.2) is 0 Å². The predicted molar refractivity (Wildman–Crippen MR) is 172 cm³/mol. The van der Waals surface area contributed by atoms with Crippen molar-refractivity contribution in [2.75, 3.05) is 20.2 Å². The number of aromatic nitrogens is 2. The molecule has 0 aliphatic heterocycles. The quantitative estimate of drug-likeness (QED) is 0.181. The average Bonchev–Trinajstić information content (AvgIpc) is 2.99. The molecule has 3 rings (SSSR count). The van der Waals surface area contributed by atoms with Crippen LogP contribution >= 0.6 is 0 Å². The number of hydrogen-bond donors (Lipinski definition) is 5. The van der Waals surface area contributed by atoms with E-state index in [0.717, 1.165) is 24.5 Å². The van der Waals surface area contributed by atoms with Gasteiger partial charge in [-0.15, -0.1) is 0 Å². The minimum absolute atomic E-state index is 0.0233. The number of aldehydes is 1. The van der Waals surface area contributed by atoms with Gasteiger partial charge in [0.2, 0.25) is 12.3 Å². The van der Waals surface area contributed by atoms with Gasteiger partial charge in [0.1, 0.15) is 11.8 Å². The Morgan fingerprint density at radius 2 is 1.70 bits per heavy atom. The minimum atomic E-state index is -1.56. The summed E-state index contributed by atoms with van der Waals surface area (Å²) in [6.07, 6.45) is 8.56. The standard InChI is InChI=1S/C31H44BN5O5.CH4O/c1-30(2,3)26-18-27(23-12-14-25(15-13-23)32(41)42)35-37(28(26)33)17-7-6-16-36(20-31(4,5)34-21-39)29(40)24-10-8-22(19-38)9-11-24;1-2/h7,12-15,17-19,21-22,24,33,41-42H,6,8-11,16,20H2,1-5H3,(H,34,39);2H,1H3/b17-7+,33-28?;. The van der Waals surface area contributed by atoms with Crippen molar-refractivity contribution in [3.8, 4) is 11.3 Å². The Kier molecular flexibility index (Phi) is 13.7. The third-order valence-corrected chi connectivity index (χ3v) is 7.77. The fraction of sp³-hybridized carbons (Fsp3) is 0.531. The zero-order valence-corrected chi connectivity index (χ0v) is 26.8. The van der Waals surface area contributed by atoms with Gasteiger partial charge in [-0.1, -0.05) is 51.1 Å². The molecule has 0 atom stereocenters. The van der Waals surface area contributed by atoms with Crippen LogP contribution in [0.2, 0.25) is 0 Å². The summed E-state index contributed by atoms with van der Waals surface area (Å²) in [5, 5.41) is 42.2. The van der Waals surface area contributed by atoms with Gasteiger partial charge < -0.3 is 30.2 Å². The van der Waals surface area contributed by atoms with Crippen molar-refractivity contribution in [2.45, 2.75) is 77.7 Å². The lowest BCUT2D eigenvalue weighted by Crippen LogP contribution is -2.52. The molecule has 5 N–H and O–H groups in total. The van der Waals surface area contributed by atoms with Gasteiger partial charge in [-0.05, 0) is 62.9 Å². The molecule has 2 amide bonds. The van der Waals surface area contributed by atoms with E-state index >= 15 is 0 Å². The summed E-state index contributed by atoms with van der Waals surface area (Å²) in [5.41, 5.74) is 1.91. The Hall–Kier alpha value is -3.61. The maximum Gasteiger partial charge on any atom is 0.488 e. The highest BCUT2D eigenvalue weighted by atomic mass is 16.4. The van der Waals surface area contributed by atoms with Crippen LogP contribution < -0.4 is 16.3 Å². The van der Waals surface area contributed by atoms with Crippen LogP contribution in [0.15, 0.2) is 36.4 Å². The molecule has 1 saturated carbocycles. The lowest BCUT2D eigenvalue weighted by atomic mass is 9.80. The van der Waals surface area contributed by atoms with Gasteiger partial charge in [-0.2, -0.15) is 5.10 Å². The summed E-state index contributed by atoms with van der Waals surface area (Å²) >= 11 is 0. The number of nitrogens with zero attached hydrogens (tertiary/aromatic N) is 3. The van der Waals surface area contributed by atoms with E-state index in [1.54, 1.807) is 35.4 Å². The lowest BCUT2D eigenvalue weighted by molar-refractivity contribution is -0.138. The van der Waals surface area contributed by atoms with Gasteiger partial charge in [0, 0.05) is 49.4 Å². The zero-order chi connectivity index (χ0) is 33.1. The monoisotopic (exact) mass is 609 g/mol. The number of aliphatic hydroxyl groups is 1. The zero-order valence-electron chi connectivity index (χ0n) is 26.8. The third kappa shape index (κ3) is 10.2. The molecule has 12 heteroatoms. The topological polar surface area (TPSA) is 169 Å². The molecule has 0 radical (unpaired) electrons. The van der Waals surface area contributed by atoms with Crippen LogP contribution in [0.5, 0.6) is 0 Å². The largest absolute Gasteiger partial charge is 0.488 e. The minimum Gasteiger partial charge on any atom is -0.423 e. The van der Waals surface area contributed by atoms with Crippen molar-refractivity contribution < 1.29 is 29.5 Å². The van der Waals surface area contributed by atoms with E-state index in [1.807, 2.05) is 46.8 Å². The van der Waals surface area contributed by atoms with Gasteiger partial charge in [0.25, 0.3) is 0 Å². The smallest absolute Gasteiger partial charge is 0.423 e. The number of benzene rings is 1. The van der Waals surface area contributed by atoms with Crippen LogP contribution in [-0.4, -0.2) is 81.3 Å². The summed E-state index contributed by atoms with van der Waals surface area (Å²) in [7, 11) is -0.557. The highest BCUT2D eigenvalue weighted by Crippen LogP contribution is 2.29. The second-order valence-corrected chi connectivity index (χ2v) is 12.8. The fourth-order valence-corrected chi connectivity index (χ4v) is 5.28. The van der Waals surface area contributed by atoms with E-state index in [0.29, 0.717) is 62.8 Å². The third-order valence-electron chi connectivity index (χ3n) is 7.77. The maximum atomic E-state index is 13.5. The number of carbonyl (C=O) groups excluding carboxylic acids is 3. The normalized spacial score (nSPS) is 16.9. The second-order valence-electron chi connectivity index (χ2n) is 12.8. The molecule has 1 heterocycles. The highest BCUT2D eigenvalue weighted by molar-refractivity contribution is 6.58. The molecule has 1 aliphatic carbocycles. The van der Waals surface area contributed by atoms with Gasteiger partial charge in [-0.25, -0.2) is 4.68 Å². The van der Waals surface area contributed by atoms with E-state index in [-0.39, 0.29) is 28.6 Å². The van der Waals surface area contributed by atoms with Gasteiger partial charge in [0.05, 0.1) is 11.2 Å². The summed E-state index contributed by atoms with van der Waals surface area (Å²) < 4.78 is 1.52. The number of hydrogen-bond acceptors (Lipinski definition) is 8. The van der Waals surface area contributed by atoms with E-state index < -0.39 is 12.7 Å². The number of carbonyl (C=O) groups is 3. The van der Waals surface area contributed by atoms with Crippen molar-refractivity contribution in [2.24, 2.45) is 11.8 Å². The van der Waals surface area contributed by atoms with E-state index in [2.05, 4.69) is 10.4 Å². The summed E-state index contributed by atoms with van der Waals surface area (Å²) in [6, 6.07) is 8.68. The molecule has 44 heavy (non-hydrogen) atoms. The Morgan fingerprint density at radius 1 is 1.09 bits per heavy atom. The molecule has 2 aromatic rings. The van der Waals surface area contributed by atoms with Crippen molar-refractivity contribution in [3.05, 3.63) is 47.5 Å². The van der Waals surface area contributed by atoms with Crippen LogP contribution in [0.3, 0.4) is 0 Å². The van der Waals surface area contributed by atoms with Crippen LogP contribution in [0.4, 0.5) is 0 Å². The number of amides is 2. The number of nitrogens with one attached hydrogen (secondary N) is 2. The first-order chi connectivity index (χ1) is 20.8. The first-order valence-corrected chi connectivity index (χ1v) is 15.0. The van der Waals surface area contributed by atoms with E-state index in [1.165, 1.54) is 4.68 Å². The van der Waals surface area contributed by atoms with E-state index in [9.17, 15) is 24.4 Å². The number of aliphatic hydroxyl groups excluding tert-OH is 1. The van der Waals surface area contributed by atoms with Crippen molar-refractivity contribution in [1.82, 2.24) is 20.0 Å². The van der Waals surface area contributed by atoms with Crippen molar-refractivity contribution in [3.63, 3.8) is 0 Å². The molecule has 1 aromatic carbocycles. The van der Waals surface area contributed by atoms with Crippen molar-refractivity contribution >= 4 is 37.4 Å². The van der Waals surface area contributed by atoms with Gasteiger partial charge >= 0.3 is 7.12 Å². The molecular weight excluding hydrogens is 561 g/mol. The highest BCUT2D eigenvalue weighted by Gasteiger charge is 2.32. The Morgan fingerprint density at radius 3 is 2.23 bits per heavy atom. The molecule has 1 aromatic heterocycles. The molecule has 0 spiro atoms. The predicted octanol–water partition coefficient (Wildman–Crippen LogP) is 1.83. The Balaban J connectivity index is 0.00000330. The first kappa shape index (κ1) is 36.6. The first-order valence-electron chi connectivity index (χ1n) is 15.0. The van der Waals surface area contributed by atoms with Crippen LogP contribution in [0, 0.1) is 17.2 Å². The van der Waals surface area contributed by atoms with Crippen LogP contribution in [0.25, 0.3) is 17.5 Å².